The second kappa shape index (κ2) is 8.32. The van der Waals surface area contributed by atoms with Gasteiger partial charge in [-0.25, -0.2) is 13.8 Å². The Balaban J connectivity index is 1.64. The lowest BCUT2D eigenvalue weighted by Gasteiger charge is -2.35. The first-order valence-electron chi connectivity index (χ1n) is 11.0. The first kappa shape index (κ1) is 22.7. The normalized spacial score (nSPS) is 14.1. The fourth-order valence-corrected chi connectivity index (χ4v) is 5.93. The minimum absolute atomic E-state index is 0.126. The second-order valence-electron chi connectivity index (χ2n) is 8.54. The van der Waals surface area contributed by atoms with Crippen molar-refractivity contribution in [2.45, 2.75) is 26.3 Å². The summed E-state index contributed by atoms with van der Waals surface area (Å²) in [5.74, 6) is -1.09. The largest absolute Gasteiger partial charge is 0.389 e. The first-order chi connectivity index (χ1) is 16.7. The molecule has 2 aromatic heterocycles. The van der Waals surface area contributed by atoms with Gasteiger partial charge in [-0.1, -0.05) is 12.1 Å². The molecule has 5 rings (SSSR count). The fourth-order valence-electron chi connectivity index (χ4n) is 4.98. The zero-order chi connectivity index (χ0) is 25.0. The van der Waals surface area contributed by atoms with E-state index in [-0.39, 0.29) is 38.3 Å². The van der Waals surface area contributed by atoms with Crippen molar-refractivity contribution < 1.29 is 13.6 Å². The Labute approximate surface area is 204 Å². The Morgan fingerprint density at radius 3 is 2.69 bits per heavy atom. The van der Waals surface area contributed by atoms with Crippen LogP contribution in [0.25, 0.3) is 21.2 Å². The van der Waals surface area contributed by atoms with E-state index in [4.69, 9.17) is 11.5 Å². The number of hydrogen-bond donors (Lipinski definition) is 2. The molecule has 1 aliphatic heterocycles. The molecular formula is C26H21F2N5OS. The van der Waals surface area contributed by atoms with Crippen LogP contribution in [0.15, 0.2) is 36.5 Å². The Bertz CT molecular complexity index is 1570. The highest BCUT2D eigenvalue weighted by atomic mass is 32.1. The number of carbonyl (C=O) groups excluding carboxylic acids is 1. The molecule has 1 unspecified atom stereocenters. The van der Waals surface area contributed by atoms with Gasteiger partial charge in [-0.2, -0.15) is 5.26 Å². The zero-order valence-electron chi connectivity index (χ0n) is 19.0. The van der Waals surface area contributed by atoms with E-state index >= 15 is 4.39 Å². The minimum Gasteiger partial charge on any atom is -0.389 e. The maximum absolute atomic E-state index is 15.7. The van der Waals surface area contributed by atoms with E-state index in [2.05, 4.69) is 4.98 Å². The lowest BCUT2D eigenvalue weighted by atomic mass is 9.86. The van der Waals surface area contributed by atoms with Crippen LogP contribution in [0.5, 0.6) is 0 Å². The van der Waals surface area contributed by atoms with Gasteiger partial charge in [0.25, 0.3) is 5.91 Å². The molecule has 0 fully saturated rings. The summed E-state index contributed by atoms with van der Waals surface area (Å²) in [5, 5.41) is 10.1. The van der Waals surface area contributed by atoms with Crippen molar-refractivity contribution in [1.29, 1.82) is 5.26 Å². The van der Waals surface area contributed by atoms with Crippen molar-refractivity contribution in [2.24, 2.45) is 0 Å². The number of nitrogen functional groups attached to an aromatic ring is 2. The number of halogens is 2. The van der Waals surface area contributed by atoms with Gasteiger partial charge in [0, 0.05) is 34.8 Å². The monoisotopic (exact) mass is 489 g/mol. The number of anilines is 2. The number of fused-ring (bicyclic) bond motifs is 2. The number of aromatic nitrogens is 1. The SMILES string of the molecule is Cc1c2c(cc(F)c1-c1ccc(F)c3sc(N)c(C#N)c13)C(=O)N(C(C)c1cccnc1N)CC2. The standard InChI is InChI=1S/C26H21F2N5OS/c1-12-14-7-9-33(13(2)15-4-3-8-32-24(15)30)26(34)17(14)10-20(28)21(12)16-5-6-19(27)23-22(16)18(11-29)25(31)35-23/h3-6,8,10,13H,7,9,31H2,1-2H3,(H2,30,32). The van der Waals surface area contributed by atoms with E-state index in [0.717, 1.165) is 22.5 Å². The number of pyridine rings is 1. The number of hydrogen-bond acceptors (Lipinski definition) is 6. The predicted molar refractivity (Wildman–Crippen MR) is 133 cm³/mol. The average Bonchev–Trinajstić information content (AvgIpc) is 3.18. The van der Waals surface area contributed by atoms with E-state index in [1.807, 2.05) is 19.1 Å². The highest BCUT2D eigenvalue weighted by molar-refractivity contribution is 7.23. The Hall–Kier alpha value is -4.03. The average molecular weight is 490 g/mol. The van der Waals surface area contributed by atoms with Gasteiger partial charge in [0.2, 0.25) is 0 Å². The summed E-state index contributed by atoms with van der Waals surface area (Å²) in [4.78, 5) is 19.2. The summed E-state index contributed by atoms with van der Waals surface area (Å²) < 4.78 is 30.4. The summed E-state index contributed by atoms with van der Waals surface area (Å²) in [6, 6.07) is 9.22. The maximum atomic E-state index is 15.7. The minimum atomic E-state index is -0.619. The number of carbonyl (C=O) groups is 1. The van der Waals surface area contributed by atoms with E-state index in [0.29, 0.717) is 35.3 Å². The van der Waals surface area contributed by atoms with Crippen LogP contribution in [-0.2, 0) is 6.42 Å². The number of rotatable bonds is 3. The van der Waals surface area contributed by atoms with Crippen LogP contribution in [0.2, 0.25) is 0 Å². The van der Waals surface area contributed by atoms with Crippen molar-refractivity contribution in [3.8, 4) is 17.2 Å². The number of amides is 1. The molecule has 0 saturated heterocycles. The zero-order valence-corrected chi connectivity index (χ0v) is 19.8. The summed E-state index contributed by atoms with van der Waals surface area (Å²) in [7, 11) is 0. The third-order valence-corrected chi connectivity index (χ3v) is 7.77. The van der Waals surface area contributed by atoms with Crippen molar-refractivity contribution >= 4 is 38.1 Å². The topological polar surface area (TPSA) is 109 Å². The molecule has 9 heteroatoms. The fraction of sp³-hybridized carbons (Fsp3) is 0.192. The van der Waals surface area contributed by atoms with Crippen LogP contribution in [0.1, 0.15) is 45.6 Å². The molecule has 0 aliphatic carbocycles. The van der Waals surface area contributed by atoms with Gasteiger partial charge < -0.3 is 16.4 Å². The van der Waals surface area contributed by atoms with Crippen LogP contribution in [-0.4, -0.2) is 22.3 Å². The molecule has 176 valence electrons. The Morgan fingerprint density at radius 2 is 1.97 bits per heavy atom. The molecule has 0 bridgehead atoms. The highest BCUT2D eigenvalue weighted by Gasteiger charge is 2.33. The van der Waals surface area contributed by atoms with E-state index in [1.165, 1.54) is 18.2 Å². The number of nitriles is 1. The Morgan fingerprint density at radius 1 is 1.20 bits per heavy atom. The summed E-state index contributed by atoms with van der Waals surface area (Å²) in [5.41, 5.74) is 15.1. The van der Waals surface area contributed by atoms with Gasteiger partial charge in [-0.15, -0.1) is 11.3 Å². The van der Waals surface area contributed by atoms with Gasteiger partial charge >= 0.3 is 0 Å². The molecule has 0 spiro atoms. The summed E-state index contributed by atoms with van der Waals surface area (Å²) in [6.45, 7) is 4.04. The van der Waals surface area contributed by atoms with Gasteiger partial charge in [-0.3, -0.25) is 4.79 Å². The van der Waals surface area contributed by atoms with Crippen molar-refractivity contribution in [2.75, 3.05) is 18.0 Å². The van der Waals surface area contributed by atoms with Gasteiger partial charge in [0.15, 0.2) is 0 Å². The number of nitrogens with zero attached hydrogens (tertiary/aromatic N) is 3. The molecule has 1 atom stereocenters. The Kier molecular flexibility index (Phi) is 5.41. The van der Waals surface area contributed by atoms with Gasteiger partial charge in [-0.05, 0) is 55.2 Å². The molecule has 0 radical (unpaired) electrons. The molecular weight excluding hydrogens is 468 g/mol. The molecule has 35 heavy (non-hydrogen) atoms. The molecule has 0 saturated carbocycles. The molecule has 1 aliphatic rings. The van der Waals surface area contributed by atoms with Crippen LogP contribution in [0.4, 0.5) is 19.6 Å². The van der Waals surface area contributed by atoms with Crippen LogP contribution in [0.3, 0.4) is 0 Å². The van der Waals surface area contributed by atoms with E-state index in [9.17, 15) is 14.4 Å². The van der Waals surface area contributed by atoms with E-state index < -0.39 is 11.6 Å². The van der Waals surface area contributed by atoms with E-state index in [1.54, 1.807) is 24.1 Å². The molecule has 4 N–H and O–H groups in total. The third kappa shape index (κ3) is 3.41. The van der Waals surface area contributed by atoms with Gasteiger partial charge in [0.1, 0.15) is 28.5 Å². The quantitative estimate of drug-likeness (QED) is 0.403. The van der Waals surface area contributed by atoms with Crippen molar-refractivity contribution in [3.63, 3.8) is 0 Å². The molecule has 1 amide bonds. The molecule has 2 aromatic carbocycles. The smallest absolute Gasteiger partial charge is 0.254 e. The third-order valence-electron chi connectivity index (χ3n) is 6.74. The lowest BCUT2D eigenvalue weighted by molar-refractivity contribution is 0.0672. The summed E-state index contributed by atoms with van der Waals surface area (Å²) >= 11 is 0.964. The number of benzene rings is 2. The molecule has 3 heterocycles. The molecule has 6 nitrogen and oxygen atoms in total. The molecule has 4 aromatic rings. The predicted octanol–water partition coefficient (Wildman–Crippen LogP) is 5.35. The van der Waals surface area contributed by atoms with Crippen LogP contribution < -0.4 is 11.5 Å². The van der Waals surface area contributed by atoms with Crippen LogP contribution in [0, 0.1) is 29.9 Å². The first-order valence-corrected chi connectivity index (χ1v) is 11.8. The maximum Gasteiger partial charge on any atom is 0.254 e. The van der Waals surface area contributed by atoms with Gasteiger partial charge in [0.05, 0.1) is 16.3 Å². The van der Waals surface area contributed by atoms with Crippen LogP contribution >= 0.6 is 11.3 Å². The summed E-state index contributed by atoms with van der Waals surface area (Å²) in [6.07, 6.45) is 2.09. The lowest BCUT2D eigenvalue weighted by Crippen LogP contribution is -2.40. The highest BCUT2D eigenvalue weighted by Crippen LogP contribution is 2.44. The second-order valence-corrected chi connectivity index (χ2v) is 9.59. The number of nitrogens with two attached hydrogens (primary N) is 2. The number of thiophene rings is 1. The van der Waals surface area contributed by atoms with Crippen molar-refractivity contribution in [3.05, 3.63) is 76.0 Å². The van der Waals surface area contributed by atoms with Crippen molar-refractivity contribution in [1.82, 2.24) is 9.88 Å².